The molecule has 0 heterocycles. The van der Waals surface area contributed by atoms with Gasteiger partial charge in [-0.3, -0.25) is 9.10 Å². The SMILES string of the molecule is CN(c1ccccc1)S(=O)(=O)c1ccc(C(=O)OCC(=O)C(C)(C)C)cc1. The molecule has 0 N–H and O–H groups in total. The number of nitrogens with zero attached hydrogens (tertiary/aromatic N) is 1. The first kappa shape index (κ1) is 20.6. The van der Waals surface area contributed by atoms with Crippen LogP contribution in [0.1, 0.15) is 31.1 Å². The van der Waals surface area contributed by atoms with Crippen molar-refractivity contribution in [2.45, 2.75) is 25.7 Å². The number of rotatable bonds is 6. The summed E-state index contributed by atoms with van der Waals surface area (Å²) in [6.07, 6.45) is 0. The summed E-state index contributed by atoms with van der Waals surface area (Å²) in [5, 5.41) is 0. The number of carbonyl (C=O) groups is 2. The predicted molar refractivity (Wildman–Crippen MR) is 103 cm³/mol. The van der Waals surface area contributed by atoms with Gasteiger partial charge in [0.1, 0.15) is 0 Å². The van der Waals surface area contributed by atoms with Crippen LogP contribution < -0.4 is 4.31 Å². The molecule has 7 heteroatoms. The Morgan fingerprint density at radius 3 is 2.04 bits per heavy atom. The van der Waals surface area contributed by atoms with Crippen LogP contribution in [0.3, 0.4) is 0 Å². The van der Waals surface area contributed by atoms with E-state index in [1.165, 1.54) is 35.6 Å². The second kappa shape index (κ2) is 7.92. The number of ketones is 1. The average Bonchev–Trinajstić information content (AvgIpc) is 2.65. The molecule has 0 bridgehead atoms. The van der Waals surface area contributed by atoms with Crippen molar-refractivity contribution in [3.8, 4) is 0 Å². The van der Waals surface area contributed by atoms with Gasteiger partial charge in [-0.15, -0.1) is 0 Å². The van der Waals surface area contributed by atoms with E-state index >= 15 is 0 Å². The fraction of sp³-hybridized carbons (Fsp3) is 0.300. The highest BCUT2D eigenvalue weighted by molar-refractivity contribution is 7.92. The van der Waals surface area contributed by atoms with Crippen LogP contribution in [0.15, 0.2) is 59.5 Å². The highest BCUT2D eigenvalue weighted by atomic mass is 32.2. The minimum Gasteiger partial charge on any atom is -0.454 e. The van der Waals surface area contributed by atoms with E-state index in [0.29, 0.717) is 5.69 Å². The maximum atomic E-state index is 12.7. The van der Waals surface area contributed by atoms with Gasteiger partial charge in [0.25, 0.3) is 10.0 Å². The summed E-state index contributed by atoms with van der Waals surface area (Å²) in [5.74, 6) is -0.868. The van der Waals surface area contributed by atoms with Crippen LogP contribution in [0.5, 0.6) is 0 Å². The van der Waals surface area contributed by atoms with E-state index in [1.807, 2.05) is 0 Å². The van der Waals surface area contributed by atoms with Crippen LogP contribution in [0, 0.1) is 5.41 Å². The lowest BCUT2D eigenvalue weighted by Gasteiger charge is -2.19. The summed E-state index contributed by atoms with van der Waals surface area (Å²) < 4.78 is 31.6. The van der Waals surface area contributed by atoms with Gasteiger partial charge in [-0.05, 0) is 36.4 Å². The molecule has 0 saturated carbocycles. The standard InChI is InChI=1S/C20H23NO5S/c1-20(2,3)18(22)14-26-19(23)15-10-12-17(13-11-15)27(24,25)21(4)16-8-6-5-7-9-16/h5-13H,14H2,1-4H3. The zero-order valence-electron chi connectivity index (χ0n) is 15.8. The van der Waals surface area contributed by atoms with E-state index < -0.39 is 21.4 Å². The number of sulfonamides is 1. The van der Waals surface area contributed by atoms with Crippen LogP contribution in [0.4, 0.5) is 5.69 Å². The second-order valence-electron chi connectivity index (χ2n) is 7.08. The molecule has 0 radical (unpaired) electrons. The molecule has 0 atom stereocenters. The van der Waals surface area contributed by atoms with Crippen molar-refractivity contribution in [2.75, 3.05) is 18.0 Å². The van der Waals surface area contributed by atoms with Crippen LogP contribution in [-0.4, -0.2) is 33.8 Å². The van der Waals surface area contributed by atoms with Crippen molar-refractivity contribution >= 4 is 27.5 Å². The molecular weight excluding hydrogens is 366 g/mol. The van der Waals surface area contributed by atoms with Gasteiger partial charge in [-0.1, -0.05) is 39.0 Å². The summed E-state index contributed by atoms with van der Waals surface area (Å²) >= 11 is 0. The van der Waals surface area contributed by atoms with Crippen molar-refractivity contribution in [2.24, 2.45) is 5.41 Å². The van der Waals surface area contributed by atoms with Gasteiger partial charge < -0.3 is 4.74 Å². The van der Waals surface area contributed by atoms with E-state index in [4.69, 9.17) is 4.74 Å². The predicted octanol–water partition coefficient (Wildman–Crippen LogP) is 3.28. The van der Waals surface area contributed by atoms with Gasteiger partial charge in [-0.2, -0.15) is 0 Å². The van der Waals surface area contributed by atoms with Crippen molar-refractivity contribution < 1.29 is 22.7 Å². The number of para-hydroxylation sites is 1. The number of ether oxygens (including phenoxy) is 1. The zero-order chi connectivity index (χ0) is 20.2. The molecule has 0 aliphatic heterocycles. The molecule has 0 unspecified atom stereocenters. The molecule has 6 nitrogen and oxygen atoms in total. The summed E-state index contributed by atoms with van der Waals surface area (Å²) in [7, 11) is -2.29. The minimum atomic E-state index is -3.75. The number of hydrogen-bond donors (Lipinski definition) is 0. The molecule has 0 aromatic heterocycles. The topological polar surface area (TPSA) is 80.8 Å². The third-order valence-electron chi connectivity index (χ3n) is 4.04. The highest BCUT2D eigenvalue weighted by Crippen LogP contribution is 2.22. The quantitative estimate of drug-likeness (QED) is 0.708. The van der Waals surface area contributed by atoms with E-state index in [1.54, 1.807) is 51.1 Å². The van der Waals surface area contributed by atoms with Crippen molar-refractivity contribution in [1.29, 1.82) is 0 Å². The smallest absolute Gasteiger partial charge is 0.338 e. The molecule has 144 valence electrons. The molecule has 0 saturated heterocycles. The number of Topliss-reactive ketones (excluding diaryl/α,β-unsaturated/α-hetero) is 1. The molecular formula is C20H23NO5S. The Kier molecular flexibility index (Phi) is 6.05. The van der Waals surface area contributed by atoms with Gasteiger partial charge in [0.2, 0.25) is 0 Å². The summed E-state index contributed by atoms with van der Waals surface area (Å²) in [4.78, 5) is 23.9. The Morgan fingerprint density at radius 2 is 1.52 bits per heavy atom. The van der Waals surface area contributed by atoms with E-state index in [2.05, 4.69) is 0 Å². The van der Waals surface area contributed by atoms with Gasteiger partial charge in [0.15, 0.2) is 12.4 Å². The fourth-order valence-corrected chi connectivity index (χ4v) is 3.32. The Labute approximate surface area is 159 Å². The first-order valence-corrected chi connectivity index (χ1v) is 9.82. The van der Waals surface area contributed by atoms with E-state index in [0.717, 1.165) is 0 Å². The molecule has 0 amide bonds. The summed E-state index contributed by atoms with van der Waals surface area (Å²) in [5.41, 5.74) is 0.111. The summed E-state index contributed by atoms with van der Waals surface area (Å²) in [6, 6.07) is 14.1. The van der Waals surface area contributed by atoms with Crippen LogP contribution in [-0.2, 0) is 19.6 Å². The first-order chi connectivity index (χ1) is 12.5. The highest BCUT2D eigenvalue weighted by Gasteiger charge is 2.24. The Hall–Kier alpha value is -2.67. The third kappa shape index (κ3) is 4.95. The molecule has 2 aromatic rings. The fourth-order valence-electron chi connectivity index (χ4n) is 2.13. The molecule has 27 heavy (non-hydrogen) atoms. The van der Waals surface area contributed by atoms with E-state index in [-0.39, 0.29) is 22.8 Å². The maximum Gasteiger partial charge on any atom is 0.338 e. The number of carbonyl (C=O) groups excluding carboxylic acids is 2. The van der Waals surface area contributed by atoms with Crippen LogP contribution in [0.2, 0.25) is 0 Å². The number of hydrogen-bond acceptors (Lipinski definition) is 5. The lowest BCUT2D eigenvalue weighted by atomic mass is 9.91. The second-order valence-corrected chi connectivity index (χ2v) is 9.05. The van der Waals surface area contributed by atoms with Gasteiger partial charge in [-0.25, -0.2) is 13.2 Å². The third-order valence-corrected chi connectivity index (χ3v) is 5.84. The Morgan fingerprint density at radius 1 is 0.963 bits per heavy atom. The van der Waals surface area contributed by atoms with Gasteiger partial charge in [0, 0.05) is 12.5 Å². The normalized spacial score (nSPS) is 11.7. The number of benzene rings is 2. The summed E-state index contributed by atoms with van der Waals surface area (Å²) in [6.45, 7) is 4.91. The number of anilines is 1. The first-order valence-electron chi connectivity index (χ1n) is 8.38. The number of esters is 1. The zero-order valence-corrected chi connectivity index (χ0v) is 16.6. The Balaban J connectivity index is 2.12. The van der Waals surface area contributed by atoms with Crippen molar-refractivity contribution in [3.05, 3.63) is 60.2 Å². The largest absolute Gasteiger partial charge is 0.454 e. The van der Waals surface area contributed by atoms with Crippen molar-refractivity contribution in [1.82, 2.24) is 0 Å². The molecule has 2 aromatic carbocycles. The molecule has 0 aliphatic carbocycles. The molecule has 0 aliphatic rings. The van der Waals surface area contributed by atoms with Crippen LogP contribution >= 0.6 is 0 Å². The lowest BCUT2D eigenvalue weighted by Crippen LogP contribution is -2.27. The lowest BCUT2D eigenvalue weighted by molar-refractivity contribution is -0.129. The monoisotopic (exact) mass is 389 g/mol. The molecule has 0 fully saturated rings. The molecule has 0 spiro atoms. The average molecular weight is 389 g/mol. The van der Waals surface area contributed by atoms with Gasteiger partial charge >= 0.3 is 5.97 Å². The molecule has 2 rings (SSSR count). The van der Waals surface area contributed by atoms with E-state index in [9.17, 15) is 18.0 Å². The van der Waals surface area contributed by atoms with Gasteiger partial charge in [0.05, 0.1) is 16.1 Å². The van der Waals surface area contributed by atoms with Crippen molar-refractivity contribution in [3.63, 3.8) is 0 Å². The Bertz CT molecular complexity index is 913. The minimum absolute atomic E-state index is 0.0520. The van der Waals surface area contributed by atoms with Crippen LogP contribution in [0.25, 0.3) is 0 Å². The maximum absolute atomic E-state index is 12.7.